The van der Waals surface area contributed by atoms with Gasteiger partial charge in [0.15, 0.2) is 0 Å². The van der Waals surface area contributed by atoms with Gasteiger partial charge in [0.2, 0.25) is 0 Å². The van der Waals surface area contributed by atoms with E-state index >= 15 is 0 Å². The normalized spacial score (nSPS) is 20.7. The van der Waals surface area contributed by atoms with Gasteiger partial charge in [-0.25, -0.2) is 0 Å². The number of hydrogen-bond acceptors (Lipinski definition) is 2. The molecule has 0 radical (unpaired) electrons. The van der Waals surface area contributed by atoms with Crippen molar-refractivity contribution >= 4 is 6.21 Å². The van der Waals surface area contributed by atoms with Crippen LogP contribution in [0.15, 0.2) is 17.3 Å². The van der Waals surface area contributed by atoms with Crippen molar-refractivity contribution in [2.45, 2.75) is 32.1 Å². The molecule has 2 heteroatoms. The minimum absolute atomic E-state index is 0.569. The maximum absolute atomic E-state index is 8.28. The van der Waals surface area contributed by atoms with Gasteiger partial charge in [0.1, 0.15) is 0 Å². The first-order chi connectivity index (χ1) is 5.34. The first-order valence-corrected chi connectivity index (χ1v) is 4.21. The van der Waals surface area contributed by atoms with Crippen LogP contribution in [-0.2, 0) is 0 Å². The zero-order valence-corrected chi connectivity index (χ0v) is 6.79. The highest BCUT2D eigenvalue weighted by Crippen LogP contribution is 2.27. The molecule has 0 unspecified atom stereocenters. The summed E-state index contributed by atoms with van der Waals surface area (Å²) in [6.07, 6.45) is 7.83. The van der Waals surface area contributed by atoms with E-state index in [0.717, 1.165) is 5.57 Å². The van der Waals surface area contributed by atoms with Gasteiger partial charge in [0.25, 0.3) is 0 Å². The monoisotopic (exact) mass is 153 g/mol. The van der Waals surface area contributed by atoms with Gasteiger partial charge in [0.05, 0.1) is 6.21 Å². The lowest BCUT2D eigenvalue weighted by Crippen LogP contribution is -2.09. The molecule has 1 N–H and O–H groups in total. The van der Waals surface area contributed by atoms with Crippen molar-refractivity contribution in [3.05, 3.63) is 12.2 Å². The summed E-state index contributed by atoms with van der Waals surface area (Å²) in [6, 6.07) is 0. The summed E-state index contributed by atoms with van der Waals surface area (Å²) in [5.74, 6) is 0.569. The fourth-order valence-electron chi connectivity index (χ4n) is 1.65. The topological polar surface area (TPSA) is 32.6 Å². The zero-order valence-electron chi connectivity index (χ0n) is 6.79. The van der Waals surface area contributed by atoms with E-state index < -0.39 is 0 Å². The Morgan fingerprint density at radius 1 is 1.36 bits per heavy atom. The average molecular weight is 153 g/mol. The summed E-state index contributed by atoms with van der Waals surface area (Å²) in [5.41, 5.74) is 0.979. The van der Waals surface area contributed by atoms with Crippen LogP contribution in [0.3, 0.4) is 0 Å². The van der Waals surface area contributed by atoms with Crippen LogP contribution >= 0.6 is 0 Å². The molecule has 0 aromatic heterocycles. The van der Waals surface area contributed by atoms with E-state index in [1.807, 2.05) is 0 Å². The summed E-state index contributed by atoms with van der Waals surface area (Å²) in [4.78, 5) is 0. The van der Waals surface area contributed by atoms with E-state index in [1.54, 1.807) is 0 Å². The highest BCUT2D eigenvalue weighted by Gasteiger charge is 2.14. The summed E-state index contributed by atoms with van der Waals surface area (Å²) >= 11 is 0. The Balaban J connectivity index is 2.38. The fraction of sp³-hybridized carbons (Fsp3) is 0.667. The number of allylic oxidation sites excluding steroid dienone is 1. The van der Waals surface area contributed by atoms with Crippen molar-refractivity contribution in [1.29, 1.82) is 0 Å². The minimum Gasteiger partial charge on any atom is -0.411 e. The molecule has 0 heterocycles. The molecule has 62 valence electrons. The van der Waals surface area contributed by atoms with E-state index in [9.17, 15) is 0 Å². The molecule has 1 saturated carbocycles. The lowest BCUT2D eigenvalue weighted by molar-refractivity contribution is 0.320. The quantitative estimate of drug-likeness (QED) is 0.369. The first kappa shape index (κ1) is 8.31. The SMILES string of the molecule is C=C(C=NO)C1CCCCC1. The van der Waals surface area contributed by atoms with Crippen LogP contribution in [0.1, 0.15) is 32.1 Å². The first-order valence-electron chi connectivity index (χ1n) is 4.21. The van der Waals surface area contributed by atoms with Crippen LogP contribution in [0, 0.1) is 5.92 Å². The fourth-order valence-corrected chi connectivity index (χ4v) is 1.65. The van der Waals surface area contributed by atoms with Crippen molar-refractivity contribution < 1.29 is 5.21 Å². The van der Waals surface area contributed by atoms with Gasteiger partial charge in [0, 0.05) is 0 Å². The Bertz CT molecular complexity index is 157. The molecule has 11 heavy (non-hydrogen) atoms. The van der Waals surface area contributed by atoms with E-state index in [2.05, 4.69) is 11.7 Å². The Morgan fingerprint density at radius 2 is 2.00 bits per heavy atom. The third-order valence-corrected chi connectivity index (χ3v) is 2.35. The molecule has 1 aliphatic carbocycles. The molecule has 1 rings (SSSR count). The molecule has 0 bridgehead atoms. The van der Waals surface area contributed by atoms with Crippen LogP contribution in [0.25, 0.3) is 0 Å². The second-order valence-electron chi connectivity index (χ2n) is 3.15. The molecule has 0 amide bonds. The third kappa shape index (κ3) is 2.37. The highest BCUT2D eigenvalue weighted by atomic mass is 16.4. The Morgan fingerprint density at radius 3 is 2.55 bits per heavy atom. The van der Waals surface area contributed by atoms with Crippen LogP contribution in [0.5, 0.6) is 0 Å². The Hall–Kier alpha value is -0.790. The van der Waals surface area contributed by atoms with E-state index in [-0.39, 0.29) is 0 Å². The van der Waals surface area contributed by atoms with Gasteiger partial charge in [-0.3, -0.25) is 0 Å². The summed E-state index contributed by atoms with van der Waals surface area (Å²) in [5, 5.41) is 11.3. The van der Waals surface area contributed by atoms with Crippen molar-refractivity contribution in [3.8, 4) is 0 Å². The van der Waals surface area contributed by atoms with Crippen LogP contribution < -0.4 is 0 Å². The van der Waals surface area contributed by atoms with Gasteiger partial charge in [-0.15, -0.1) is 0 Å². The standard InChI is InChI=1S/C9H15NO/c1-8(7-10-11)9-5-3-2-4-6-9/h7,9,11H,1-6H2. The van der Waals surface area contributed by atoms with E-state index in [1.165, 1.54) is 38.3 Å². The summed E-state index contributed by atoms with van der Waals surface area (Å²) in [7, 11) is 0. The molecule has 0 spiro atoms. The predicted octanol–water partition coefficient (Wildman–Crippen LogP) is 2.58. The largest absolute Gasteiger partial charge is 0.411 e. The molecule has 1 fully saturated rings. The van der Waals surface area contributed by atoms with Crippen molar-refractivity contribution in [1.82, 2.24) is 0 Å². The molecular formula is C9H15NO. The molecule has 2 nitrogen and oxygen atoms in total. The molecule has 0 aromatic carbocycles. The number of rotatable bonds is 2. The minimum atomic E-state index is 0.569. The lowest BCUT2D eigenvalue weighted by Gasteiger charge is -2.20. The summed E-state index contributed by atoms with van der Waals surface area (Å²) < 4.78 is 0. The van der Waals surface area contributed by atoms with Crippen LogP contribution in [0.4, 0.5) is 0 Å². The van der Waals surface area contributed by atoms with E-state index in [4.69, 9.17) is 5.21 Å². The van der Waals surface area contributed by atoms with Crippen molar-refractivity contribution in [2.24, 2.45) is 11.1 Å². The number of oxime groups is 1. The average Bonchev–Trinajstić information content (AvgIpc) is 2.07. The molecule has 0 atom stereocenters. The van der Waals surface area contributed by atoms with Gasteiger partial charge in [-0.1, -0.05) is 31.0 Å². The molecule has 0 saturated heterocycles. The predicted molar refractivity (Wildman–Crippen MR) is 46.0 cm³/mol. The third-order valence-electron chi connectivity index (χ3n) is 2.35. The molecule has 1 aliphatic rings. The summed E-state index contributed by atoms with van der Waals surface area (Å²) in [6.45, 7) is 3.86. The zero-order chi connectivity index (χ0) is 8.10. The Kier molecular flexibility index (Phi) is 3.14. The van der Waals surface area contributed by atoms with Crippen molar-refractivity contribution in [2.75, 3.05) is 0 Å². The van der Waals surface area contributed by atoms with Gasteiger partial charge in [-0.2, -0.15) is 0 Å². The molecular weight excluding hydrogens is 138 g/mol. The van der Waals surface area contributed by atoms with Crippen molar-refractivity contribution in [3.63, 3.8) is 0 Å². The maximum atomic E-state index is 8.28. The van der Waals surface area contributed by atoms with Crippen LogP contribution in [-0.4, -0.2) is 11.4 Å². The van der Waals surface area contributed by atoms with Gasteiger partial charge in [-0.05, 0) is 24.3 Å². The lowest BCUT2D eigenvalue weighted by atomic mass is 9.85. The van der Waals surface area contributed by atoms with Crippen LogP contribution in [0.2, 0.25) is 0 Å². The smallest absolute Gasteiger partial charge is 0.0690 e. The van der Waals surface area contributed by atoms with Gasteiger partial charge >= 0.3 is 0 Å². The Labute approximate surface area is 67.6 Å². The van der Waals surface area contributed by atoms with E-state index in [0.29, 0.717) is 5.92 Å². The number of hydrogen-bond donors (Lipinski definition) is 1. The second kappa shape index (κ2) is 4.16. The number of nitrogens with zero attached hydrogens (tertiary/aromatic N) is 1. The maximum Gasteiger partial charge on any atom is 0.0690 e. The van der Waals surface area contributed by atoms with Gasteiger partial charge < -0.3 is 5.21 Å². The highest BCUT2D eigenvalue weighted by molar-refractivity contribution is 5.77. The molecule has 0 aliphatic heterocycles. The molecule has 0 aromatic rings. The second-order valence-corrected chi connectivity index (χ2v) is 3.15.